The van der Waals surface area contributed by atoms with Crippen molar-refractivity contribution < 1.29 is 13.7 Å². The smallest absolute Gasteiger partial charge is 0.402 e. The summed E-state index contributed by atoms with van der Waals surface area (Å²) in [5.74, 6) is 7.17. The minimum Gasteiger partial charge on any atom is -0.402 e. The lowest BCUT2D eigenvalue weighted by Crippen LogP contribution is -2.41. The highest BCUT2D eigenvalue weighted by Gasteiger charge is 2.52. The third kappa shape index (κ3) is 6.02. The molecule has 1 saturated carbocycles. The summed E-state index contributed by atoms with van der Waals surface area (Å²) >= 11 is 0. The maximum absolute atomic E-state index is 6.65. The summed E-state index contributed by atoms with van der Waals surface area (Å²) in [4.78, 5) is 0. The van der Waals surface area contributed by atoms with E-state index < -0.39 is 8.32 Å². The van der Waals surface area contributed by atoms with Crippen molar-refractivity contribution in [2.75, 3.05) is 0 Å². The minimum absolute atomic E-state index is 0.0659. The van der Waals surface area contributed by atoms with E-state index in [1.54, 1.807) is 0 Å². The molecule has 2 aliphatic rings. The van der Waals surface area contributed by atoms with Gasteiger partial charge in [-0.3, -0.25) is 0 Å². The first-order valence-corrected chi connectivity index (χ1v) is 18.8. The average Bonchev–Trinajstić information content (AvgIpc) is 3.39. The molecular weight excluding hydrogens is 507 g/mol. The molecule has 0 unspecified atom stereocenters. The summed E-state index contributed by atoms with van der Waals surface area (Å²) in [7, 11) is -2.02. The lowest BCUT2D eigenvalue weighted by Gasteiger charge is -2.34. The Hall–Kier alpha value is -1.84. The van der Waals surface area contributed by atoms with Crippen LogP contribution in [0.5, 0.6) is 0 Å². The van der Waals surface area contributed by atoms with Gasteiger partial charge in [0.05, 0.1) is 11.2 Å². The van der Waals surface area contributed by atoms with E-state index in [0.717, 1.165) is 36.7 Å². The van der Waals surface area contributed by atoms with Crippen LogP contribution < -0.4 is 5.46 Å². The zero-order valence-electron chi connectivity index (χ0n) is 27.0. The van der Waals surface area contributed by atoms with Crippen LogP contribution in [0.25, 0.3) is 0 Å². The number of hydrogen-bond acceptors (Lipinski definition) is 3. The summed E-state index contributed by atoms with van der Waals surface area (Å²) in [6.45, 7) is 24.3. The topological polar surface area (TPSA) is 27.7 Å². The number of benzene rings is 2. The summed E-state index contributed by atoms with van der Waals surface area (Å²) in [5.41, 5.74) is 6.37. The Morgan fingerprint density at radius 3 is 1.85 bits per heavy atom. The van der Waals surface area contributed by atoms with Crippen molar-refractivity contribution in [3.63, 3.8) is 0 Å². The number of hydrogen-bond donors (Lipinski definition) is 0. The summed E-state index contributed by atoms with van der Waals surface area (Å²) in [5, 5.41) is 0. The lowest BCUT2D eigenvalue weighted by molar-refractivity contribution is 0.00578. The van der Waals surface area contributed by atoms with Crippen LogP contribution in [0.3, 0.4) is 0 Å². The first-order valence-electron chi connectivity index (χ1n) is 15.4. The van der Waals surface area contributed by atoms with Gasteiger partial charge in [0.15, 0.2) is 8.32 Å². The predicted octanol–water partition coefficient (Wildman–Crippen LogP) is 8.22. The van der Waals surface area contributed by atoms with E-state index in [4.69, 9.17) is 13.7 Å². The molecule has 216 valence electrons. The van der Waals surface area contributed by atoms with Crippen LogP contribution in [0, 0.1) is 25.7 Å². The van der Waals surface area contributed by atoms with Crippen LogP contribution in [-0.2, 0) is 19.1 Å². The monoisotopic (exact) mass is 558 g/mol. The molecule has 1 aliphatic heterocycles. The van der Waals surface area contributed by atoms with E-state index in [-0.39, 0.29) is 29.3 Å². The van der Waals surface area contributed by atoms with Crippen LogP contribution in [0.4, 0.5) is 0 Å². The fourth-order valence-corrected chi connectivity index (χ4v) is 7.94. The maximum Gasteiger partial charge on any atom is 0.495 e. The van der Waals surface area contributed by atoms with E-state index in [2.05, 4.69) is 123 Å². The van der Waals surface area contributed by atoms with Crippen molar-refractivity contribution in [1.29, 1.82) is 0 Å². The number of rotatable bonds is 7. The van der Waals surface area contributed by atoms with Crippen LogP contribution in [0.15, 0.2) is 36.4 Å². The molecule has 1 aliphatic carbocycles. The fraction of sp³-hybridized carbons (Fsp3) is 0.600. The molecule has 3 nitrogen and oxygen atoms in total. The molecule has 5 heteroatoms. The maximum atomic E-state index is 6.65. The Labute approximate surface area is 246 Å². The first kappa shape index (κ1) is 31.1. The van der Waals surface area contributed by atoms with Crippen molar-refractivity contribution in [1.82, 2.24) is 0 Å². The quantitative estimate of drug-likeness (QED) is 0.253. The molecule has 0 amide bonds. The Balaban J connectivity index is 1.65. The zero-order chi connectivity index (χ0) is 29.6. The second-order valence-corrected chi connectivity index (χ2v) is 18.6. The molecule has 0 radical (unpaired) electrons. The van der Waals surface area contributed by atoms with E-state index in [1.807, 2.05) is 0 Å². The molecule has 1 heterocycles. The molecular formula is C35H51BO3Si. The summed E-state index contributed by atoms with van der Waals surface area (Å²) < 4.78 is 19.4. The average molecular weight is 559 g/mol. The lowest BCUT2D eigenvalue weighted by atomic mass is 9.68. The van der Waals surface area contributed by atoms with Gasteiger partial charge in [-0.15, -0.1) is 0 Å². The molecule has 2 aromatic carbocycles. The van der Waals surface area contributed by atoms with Crippen LogP contribution in [-0.4, -0.2) is 32.2 Å². The molecule has 0 spiro atoms. The number of aryl methyl sites for hydroxylation is 2. The van der Waals surface area contributed by atoms with Crippen molar-refractivity contribution >= 4 is 20.9 Å². The van der Waals surface area contributed by atoms with Crippen LogP contribution in [0.2, 0.25) is 19.6 Å². The van der Waals surface area contributed by atoms with Crippen LogP contribution >= 0.6 is 0 Å². The molecule has 1 saturated heterocycles. The molecule has 2 fully saturated rings. The van der Waals surface area contributed by atoms with E-state index in [9.17, 15) is 0 Å². The normalized spacial score (nSPS) is 19.9. The second-order valence-electron chi connectivity index (χ2n) is 14.1. The van der Waals surface area contributed by atoms with Gasteiger partial charge in [-0.2, -0.15) is 0 Å². The van der Waals surface area contributed by atoms with Gasteiger partial charge < -0.3 is 13.7 Å². The molecule has 0 aromatic heterocycles. The summed E-state index contributed by atoms with van der Waals surface area (Å²) in [6, 6.07) is 13.8. The van der Waals surface area contributed by atoms with Gasteiger partial charge in [-0.25, -0.2) is 0 Å². The Bertz CT molecular complexity index is 1270. The molecule has 4 rings (SSSR count). The second kappa shape index (κ2) is 11.1. The molecule has 40 heavy (non-hydrogen) atoms. The van der Waals surface area contributed by atoms with E-state index in [0.29, 0.717) is 0 Å². The largest absolute Gasteiger partial charge is 0.495 e. The van der Waals surface area contributed by atoms with Gasteiger partial charge >= 0.3 is 7.12 Å². The standard InChI is InChI=1S/C35H51BO3Si/c1-12-35(13-2,30-18-19-31(27(4)25-30)36-37-32(5,6)33(7,8)38-36)29-17-16-28(26(3)24-29)20-23-34(21-14-15-22-34)39-40(9,10)11/h16-19,24-25H,12-15,21-22H2,1-11H3. The van der Waals surface area contributed by atoms with Gasteiger partial charge in [-0.1, -0.05) is 61.6 Å². The van der Waals surface area contributed by atoms with Gasteiger partial charge in [0.1, 0.15) is 5.60 Å². The van der Waals surface area contributed by atoms with Crippen LogP contribution in [0.1, 0.15) is 108 Å². The summed E-state index contributed by atoms with van der Waals surface area (Å²) in [6.07, 6.45) is 6.57. The zero-order valence-corrected chi connectivity index (χ0v) is 28.0. The third-order valence-electron chi connectivity index (χ3n) is 9.65. The van der Waals surface area contributed by atoms with Crippen molar-refractivity contribution in [3.05, 3.63) is 64.2 Å². The predicted molar refractivity (Wildman–Crippen MR) is 172 cm³/mol. The van der Waals surface area contributed by atoms with Gasteiger partial charge in [0.2, 0.25) is 0 Å². The Kier molecular flexibility index (Phi) is 8.63. The molecule has 0 atom stereocenters. The SMILES string of the molecule is CCC(CC)(c1ccc(C#CC2(O[Si](C)(C)C)CCCC2)c(C)c1)c1ccc(B2OC(C)(C)C(C)(C)O2)c(C)c1. The Morgan fingerprint density at radius 1 is 0.850 bits per heavy atom. The first-order chi connectivity index (χ1) is 18.6. The van der Waals surface area contributed by atoms with Crippen molar-refractivity contribution in [3.8, 4) is 11.8 Å². The van der Waals surface area contributed by atoms with Gasteiger partial charge in [-0.05, 0) is 128 Å². The third-order valence-corrected chi connectivity index (χ3v) is 10.7. The fourth-order valence-electron chi connectivity index (χ4n) is 6.51. The van der Waals surface area contributed by atoms with Crippen molar-refractivity contribution in [2.24, 2.45) is 0 Å². The van der Waals surface area contributed by atoms with Crippen molar-refractivity contribution in [2.45, 2.75) is 136 Å². The highest BCUT2D eigenvalue weighted by atomic mass is 28.4. The van der Waals surface area contributed by atoms with Gasteiger partial charge in [0, 0.05) is 11.0 Å². The molecule has 2 aromatic rings. The highest BCUT2D eigenvalue weighted by molar-refractivity contribution is 6.69. The van der Waals surface area contributed by atoms with E-state index >= 15 is 0 Å². The van der Waals surface area contributed by atoms with E-state index in [1.165, 1.54) is 35.1 Å². The highest BCUT2D eigenvalue weighted by Crippen LogP contribution is 2.41. The molecule has 0 N–H and O–H groups in total. The Morgan fingerprint density at radius 2 is 1.38 bits per heavy atom. The minimum atomic E-state index is -1.68. The van der Waals surface area contributed by atoms with Gasteiger partial charge in [0.25, 0.3) is 0 Å². The molecule has 0 bridgehead atoms.